The van der Waals surface area contributed by atoms with Crippen LogP contribution in [0.4, 0.5) is 0 Å². The first-order valence-electron chi connectivity index (χ1n) is 5.52. The molecule has 1 aromatic heterocycles. The standard InChI is InChI=1S/C12H18ClNO2S/c1-8-6-11(17-9(8)2)12(15)14-5-4-10(13)7-16-3/h6,10H,4-5,7H2,1-3H3,(H,14,15). The number of hydrogen-bond acceptors (Lipinski definition) is 3. The molecule has 0 radical (unpaired) electrons. The molecule has 1 heterocycles. The lowest BCUT2D eigenvalue weighted by molar-refractivity contribution is 0.0955. The molecule has 1 atom stereocenters. The Hall–Kier alpha value is -0.580. The summed E-state index contributed by atoms with van der Waals surface area (Å²) in [5, 5.41) is 2.81. The molecule has 5 heteroatoms. The summed E-state index contributed by atoms with van der Waals surface area (Å²) in [5.41, 5.74) is 1.16. The summed E-state index contributed by atoms with van der Waals surface area (Å²) in [6, 6.07) is 1.92. The van der Waals surface area contributed by atoms with Crippen LogP contribution >= 0.6 is 22.9 Å². The molecule has 0 saturated carbocycles. The van der Waals surface area contributed by atoms with Gasteiger partial charge in [0.2, 0.25) is 0 Å². The van der Waals surface area contributed by atoms with Gasteiger partial charge in [0.15, 0.2) is 0 Å². The van der Waals surface area contributed by atoms with Crippen molar-refractivity contribution in [2.45, 2.75) is 25.6 Å². The normalized spacial score (nSPS) is 12.5. The van der Waals surface area contributed by atoms with E-state index in [9.17, 15) is 4.79 Å². The number of alkyl halides is 1. The lowest BCUT2D eigenvalue weighted by Gasteiger charge is -2.08. The van der Waals surface area contributed by atoms with E-state index >= 15 is 0 Å². The summed E-state index contributed by atoms with van der Waals surface area (Å²) >= 11 is 7.49. The van der Waals surface area contributed by atoms with Crippen LogP contribution in [0.3, 0.4) is 0 Å². The Morgan fingerprint density at radius 2 is 2.29 bits per heavy atom. The lowest BCUT2D eigenvalue weighted by atomic mass is 10.2. The average molecular weight is 276 g/mol. The number of hydrogen-bond donors (Lipinski definition) is 1. The molecule has 0 bridgehead atoms. The zero-order valence-corrected chi connectivity index (χ0v) is 12.0. The first-order valence-corrected chi connectivity index (χ1v) is 6.78. The van der Waals surface area contributed by atoms with Crippen molar-refractivity contribution in [2.24, 2.45) is 0 Å². The number of carbonyl (C=O) groups excluding carboxylic acids is 1. The molecule has 1 aromatic rings. The molecule has 96 valence electrons. The number of halogens is 1. The van der Waals surface area contributed by atoms with Crippen molar-refractivity contribution in [3.8, 4) is 0 Å². The highest BCUT2D eigenvalue weighted by Crippen LogP contribution is 2.20. The van der Waals surface area contributed by atoms with Crippen LogP contribution in [0.5, 0.6) is 0 Å². The van der Waals surface area contributed by atoms with Crippen LogP contribution in [0.1, 0.15) is 26.5 Å². The Morgan fingerprint density at radius 3 is 2.82 bits per heavy atom. The quantitative estimate of drug-likeness (QED) is 0.811. The minimum atomic E-state index is -0.0490. The highest BCUT2D eigenvalue weighted by Gasteiger charge is 2.10. The minimum absolute atomic E-state index is 0.0208. The van der Waals surface area contributed by atoms with Crippen molar-refractivity contribution >= 4 is 28.8 Å². The molecule has 1 unspecified atom stereocenters. The molecule has 0 aliphatic heterocycles. The summed E-state index contributed by atoms with van der Waals surface area (Å²) in [6.07, 6.45) is 0.713. The molecule has 1 rings (SSSR count). The molecule has 17 heavy (non-hydrogen) atoms. The second kappa shape index (κ2) is 6.99. The highest BCUT2D eigenvalue weighted by atomic mass is 35.5. The van der Waals surface area contributed by atoms with Crippen molar-refractivity contribution < 1.29 is 9.53 Å². The Labute approximate surface area is 111 Å². The smallest absolute Gasteiger partial charge is 0.261 e. The van der Waals surface area contributed by atoms with Crippen molar-refractivity contribution in [3.63, 3.8) is 0 Å². The Morgan fingerprint density at radius 1 is 1.59 bits per heavy atom. The zero-order valence-electron chi connectivity index (χ0n) is 10.4. The van der Waals surface area contributed by atoms with Crippen LogP contribution in [0.15, 0.2) is 6.07 Å². The molecule has 3 nitrogen and oxygen atoms in total. The second-order valence-corrected chi connectivity index (χ2v) is 5.82. The van der Waals surface area contributed by atoms with E-state index in [-0.39, 0.29) is 11.3 Å². The Kier molecular flexibility index (Phi) is 5.95. The summed E-state index contributed by atoms with van der Waals surface area (Å²) < 4.78 is 4.92. The number of carbonyl (C=O) groups is 1. The van der Waals surface area contributed by atoms with Gasteiger partial charge in [0.1, 0.15) is 0 Å². The van der Waals surface area contributed by atoms with Gasteiger partial charge in [-0.1, -0.05) is 0 Å². The maximum atomic E-state index is 11.8. The third-order valence-corrected chi connectivity index (χ3v) is 3.98. The van der Waals surface area contributed by atoms with Crippen LogP contribution in [-0.4, -0.2) is 31.5 Å². The number of methoxy groups -OCH3 is 1. The summed E-state index contributed by atoms with van der Waals surface area (Å²) in [6.45, 7) is 5.11. The fourth-order valence-electron chi connectivity index (χ4n) is 1.38. The van der Waals surface area contributed by atoms with Gasteiger partial charge in [0, 0.05) is 18.5 Å². The fraction of sp³-hybridized carbons (Fsp3) is 0.583. The van der Waals surface area contributed by atoms with Crippen LogP contribution in [0.2, 0.25) is 0 Å². The van der Waals surface area contributed by atoms with Crippen LogP contribution < -0.4 is 5.32 Å². The summed E-state index contributed by atoms with van der Waals surface area (Å²) in [5.74, 6) is -0.0208. The Balaban J connectivity index is 2.35. The van der Waals surface area contributed by atoms with E-state index in [4.69, 9.17) is 16.3 Å². The van der Waals surface area contributed by atoms with E-state index in [0.29, 0.717) is 19.6 Å². The molecule has 0 fully saturated rings. The van der Waals surface area contributed by atoms with Crippen molar-refractivity contribution in [3.05, 3.63) is 21.4 Å². The number of thiophene rings is 1. The van der Waals surface area contributed by atoms with Crippen LogP contribution in [-0.2, 0) is 4.74 Å². The van der Waals surface area contributed by atoms with E-state index in [0.717, 1.165) is 10.4 Å². The van der Waals surface area contributed by atoms with Crippen molar-refractivity contribution in [2.75, 3.05) is 20.3 Å². The summed E-state index contributed by atoms with van der Waals surface area (Å²) in [7, 11) is 1.62. The number of nitrogens with one attached hydrogen (secondary N) is 1. The lowest BCUT2D eigenvalue weighted by Crippen LogP contribution is -2.26. The summed E-state index contributed by atoms with van der Waals surface area (Å²) in [4.78, 5) is 13.7. The van der Waals surface area contributed by atoms with E-state index in [1.807, 2.05) is 19.9 Å². The number of aryl methyl sites for hydroxylation is 2. The third-order valence-electron chi connectivity index (χ3n) is 2.48. The molecular weight excluding hydrogens is 258 g/mol. The topological polar surface area (TPSA) is 38.3 Å². The first-order chi connectivity index (χ1) is 8.04. The predicted molar refractivity (Wildman–Crippen MR) is 72.3 cm³/mol. The van der Waals surface area contributed by atoms with Gasteiger partial charge < -0.3 is 10.1 Å². The molecular formula is C12H18ClNO2S. The first kappa shape index (κ1) is 14.5. The second-order valence-electron chi connectivity index (χ2n) is 3.95. The molecule has 1 N–H and O–H groups in total. The molecule has 1 amide bonds. The van der Waals surface area contributed by atoms with E-state index in [1.54, 1.807) is 7.11 Å². The number of ether oxygens (including phenoxy) is 1. The average Bonchev–Trinajstić information content (AvgIpc) is 2.59. The molecule has 0 aromatic carbocycles. The number of amides is 1. The van der Waals surface area contributed by atoms with Gasteiger partial charge in [-0.25, -0.2) is 0 Å². The van der Waals surface area contributed by atoms with Gasteiger partial charge in [-0.2, -0.15) is 0 Å². The SMILES string of the molecule is COCC(Cl)CCNC(=O)c1cc(C)c(C)s1. The fourth-order valence-corrected chi connectivity index (χ4v) is 2.56. The van der Waals surface area contributed by atoms with E-state index < -0.39 is 0 Å². The maximum Gasteiger partial charge on any atom is 0.261 e. The highest BCUT2D eigenvalue weighted by molar-refractivity contribution is 7.14. The van der Waals surface area contributed by atoms with Crippen molar-refractivity contribution in [1.29, 1.82) is 0 Å². The third kappa shape index (κ3) is 4.66. The maximum absolute atomic E-state index is 11.8. The predicted octanol–water partition coefficient (Wildman–Crippen LogP) is 2.74. The Bertz CT molecular complexity index is 359. The van der Waals surface area contributed by atoms with E-state index in [1.165, 1.54) is 16.2 Å². The zero-order chi connectivity index (χ0) is 12.8. The van der Waals surface area contributed by atoms with Crippen LogP contribution in [0, 0.1) is 13.8 Å². The largest absolute Gasteiger partial charge is 0.383 e. The van der Waals surface area contributed by atoms with Gasteiger partial charge >= 0.3 is 0 Å². The van der Waals surface area contributed by atoms with Gasteiger partial charge in [-0.15, -0.1) is 22.9 Å². The van der Waals surface area contributed by atoms with Gasteiger partial charge in [-0.05, 0) is 31.9 Å². The number of rotatable bonds is 6. The van der Waals surface area contributed by atoms with Gasteiger partial charge in [-0.3, -0.25) is 4.79 Å². The monoisotopic (exact) mass is 275 g/mol. The van der Waals surface area contributed by atoms with E-state index in [2.05, 4.69) is 5.32 Å². The molecule has 0 aliphatic carbocycles. The van der Waals surface area contributed by atoms with Gasteiger partial charge in [0.05, 0.1) is 16.9 Å². The molecule has 0 saturated heterocycles. The molecule has 0 aliphatic rings. The van der Waals surface area contributed by atoms with Gasteiger partial charge in [0.25, 0.3) is 5.91 Å². The molecule has 0 spiro atoms. The van der Waals surface area contributed by atoms with Crippen LogP contribution in [0.25, 0.3) is 0 Å². The minimum Gasteiger partial charge on any atom is -0.383 e. The van der Waals surface area contributed by atoms with Crippen molar-refractivity contribution in [1.82, 2.24) is 5.32 Å².